The number of aryl methyl sites for hydroxylation is 1. The van der Waals surface area contributed by atoms with Crippen LogP contribution in [0, 0.1) is 6.92 Å². The quantitative estimate of drug-likeness (QED) is 0.337. The van der Waals surface area contributed by atoms with Crippen LogP contribution in [0.3, 0.4) is 0 Å². The molecule has 35 heavy (non-hydrogen) atoms. The fourth-order valence-corrected chi connectivity index (χ4v) is 3.59. The minimum atomic E-state index is -0.403. The molecule has 0 fully saturated rings. The van der Waals surface area contributed by atoms with Gasteiger partial charge in [-0.2, -0.15) is 0 Å². The number of nitrogens with two attached hydrogens (primary N) is 1. The van der Waals surface area contributed by atoms with Crippen molar-refractivity contribution in [2.45, 2.75) is 26.4 Å². The van der Waals surface area contributed by atoms with E-state index in [-0.39, 0.29) is 24.8 Å². The van der Waals surface area contributed by atoms with Gasteiger partial charge in [0.25, 0.3) is 5.56 Å². The smallest absolute Gasteiger partial charge is 0.294 e. The molecule has 10 heteroatoms. The van der Waals surface area contributed by atoms with Crippen LogP contribution in [0.25, 0.3) is 11.3 Å². The van der Waals surface area contributed by atoms with Crippen LogP contribution in [0.1, 0.15) is 16.8 Å². The SMILES string of the molecule is Cc1nc(N)ccc1CNC(=O)Cn1c(-c2cncnc2)cnc(NCCc2ccccc2)c1=O. The van der Waals surface area contributed by atoms with Crippen molar-refractivity contribution >= 4 is 17.5 Å². The molecule has 0 spiro atoms. The fraction of sp³-hybridized carbons (Fsp3) is 0.200. The normalized spacial score (nSPS) is 10.7. The van der Waals surface area contributed by atoms with Crippen molar-refractivity contribution in [3.05, 3.63) is 94.6 Å². The largest absolute Gasteiger partial charge is 0.384 e. The summed E-state index contributed by atoms with van der Waals surface area (Å²) in [5.74, 6) is 0.263. The third kappa shape index (κ3) is 6.05. The lowest BCUT2D eigenvalue weighted by Crippen LogP contribution is -2.34. The molecule has 0 aliphatic carbocycles. The summed E-state index contributed by atoms with van der Waals surface area (Å²) in [6.45, 7) is 2.42. The van der Waals surface area contributed by atoms with E-state index >= 15 is 0 Å². The summed E-state index contributed by atoms with van der Waals surface area (Å²) in [6.07, 6.45) is 6.82. The number of rotatable bonds is 9. The third-order valence-corrected chi connectivity index (χ3v) is 5.45. The Labute approximate surface area is 202 Å². The molecular formula is C25H26N8O2. The van der Waals surface area contributed by atoms with Gasteiger partial charge in [-0.25, -0.2) is 19.9 Å². The Bertz CT molecular complexity index is 1360. The molecular weight excluding hydrogens is 444 g/mol. The van der Waals surface area contributed by atoms with Crippen molar-refractivity contribution < 1.29 is 4.79 Å². The van der Waals surface area contributed by atoms with Gasteiger partial charge in [-0.3, -0.25) is 14.2 Å². The van der Waals surface area contributed by atoms with Crippen molar-refractivity contribution in [2.24, 2.45) is 0 Å². The number of nitrogens with zero attached hydrogens (tertiary/aromatic N) is 5. The van der Waals surface area contributed by atoms with E-state index in [4.69, 9.17) is 5.73 Å². The van der Waals surface area contributed by atoms with Crippen LogP contribution >= 0.6 is 0 Å². The molecule has 4 N–H and O–H groups in total. The van der Waals surface area contributed by atoms with E-state index in [9.17, 15) is 9.59 Å². The van der Waals surface area contributed by atoms with Gasteiger partial charge in [-0.15, -0.1) is 0 Å². The predicted molar refractivity (Wildman–Crippen MR) is 133 cm³/mol. The standard InChI is InChI=1S/C25H26N8O2/c1-17-19(7-8-22(26)32-17)13-30-23(34)15-33-21(20-11-27-16-28-12-20)14-31-24(25(33)35)29-10-9-18-5-3-2-4-6-18/h2-8,11-12,14,16H,9-10,13,15H2,1H3,(H2,26,32)(H,29,31)(H,30,34). The minimum Gasteiger partial charge on any atom is -0.384 e. The Morgan fingerprint density at radius 2 is 1.83 bits per heavy atom. The van der Waals surface area contributed by atoms with Gasteiger partial charge in [0.15, 0.2) is 5.82 Å². The van der Waals surface area contributed by atoms with Gasteiger partial charge in [-0.1, -0.05) is 36.4 Å². The van der Waals surface area contributed by atoms with Crippen molar-refractivity contribution in [3.63, 3.8) is 0 Å². The molecule has 4 aromatic rings. The van der Waals surface area contributed by atoms with Gasteiger partial charge in [0.2, 0.25) is 5.91 Å². The Kier molecular flexibility index (Phi) is 7.41. The first-order valence-corrected chi connectivity index (χ1v) is 11.1. The number of hydrogen-bond acceptors (Lipinski definition) is 8. The summed E-state index contributed by atoms with van der Waals surface area (Å²) in [5, 5.41) is 5.94. The van der Waals surface area contributed by atoms with Crippen molar-refractivity contribution in [2.75, 3.05) is 17.6 Å². The Balaban J connectivity index is 1.53. The molecule has 3 heterocycles. The molecule has 0 atom stereocenters. The van der Waals surface area contributed by atoms with Crippen molar-refractivity contribution in [1.82, 2.24) is 29.8 Å². The summed E-state index contributed by atoms with van der Waals surface area (Å²) in [5.41, 5.74) is 9.05. The zero-order valence-electron chi connectivity index (χ0n) is 19.3. The summed E-state index contributed by atoms with van der Waals surface area (Å²) in [6, 6.07) is 13.4. The first-order chi connectivity index (χ1) is 17.0. The number of carbonyl (C=O) groups excluding carboxylic acids is 1. The zero-order chi connectivity index (χ0) is 24.6. The molecule has 10 nitrogen and oxygen atoms in total. The van der Waals surface area contributed by atoms with Gasteiger partial charge in [0.05, 0.1) is 11.9 Å². The number of nitrogens with one attached hydrogen (secondary N) is 2. The van der Waals surface area contributed by atoms with E-state index in [2.05, 4.69) is 30.6 Å². The average Bonchev–Trinajstić information content (AvgIpc) is 2.87. The first kappa shape index (κ1) is 23.6. The second-order valence-corrected chi connectivity index (χ2v) is 7.93. The van der Waals surface area contributed by atoms with Gasteiger partial charge < -0.3 is 16.4 Å². The summed E-state index contributed by atoms with van der Waals surface area (Å²) >= 11 is 0. The number of anilines is 2. The molecule has 0 unspecified atom stereocenters. The number of nitrogen functional groups attached to an aromatic ring is 1. The lowest BCUT2D eigenvalue weighted by molar-refractivity contribution is -0.121. The van der Waals surface area contributed by atoms with Crippen LogP contribution in [0.4, 0.5) is 11.6 Å². The van der Waals surface area contributed by atoms with E-state index in [0.29, 0.717) is 23.6 Å². The average molecular weight is 471 g/mol. The summed E-state index contributed by atoms with van der Waals surface area (Å²) in [4.78, 5) is 42.7. The van der Waals surface area contributed by atoms with Crippen molar-refractivity contribution in [3.8, 4) is 11.3 Å². The number of hydrogen-bond donors (Lipinski definition) is 3. The fourth-order valence-electron chi connectivity index (χ4n) is 3.59. The van der Waals surface area contributed by atoms with Gasteiger partial charge in [0, 0.05) is 36.7 Å². The minimum absolute atomic E-state index is 0.174. The van der Waals surface area contributed by atoms with Gasteiger partial charge in [0.1, 0.15) is 18.7 Å². The molecule has 0 bridgehead atoms. The third-order valence-electron chi connectivity index (χ3n) is 5.45. The van der Waals surface area contributed by atoms with Crippen LogP contribution in [-0.2, 0) is 24.3 Å². The second-order valence-electron chi connectivity index (χ2n) is 7.93. The number of pyridine rings is 1. The maximum Gasteiger partial charge on any atom is 0.294 e. The molecule has 1 aromatic carbocycles. The molecule has 0 radical (unpaired) electrons. The van der Waals surface area contributed by atoms with E-state index in [0.717, 1.165) is 23.2 Å². The highest BCUT2D eigenvalue weighted by Gasteiger charge is 2.15. The highest BCUT2D eigenvalue weighted by atomic mass is 16.2. The van der Waals surface area contributed by atoms with Crippen LogP contribution in [-0.4, -0.2) is 37.0 Å². The number of aromatic nitrogens is 5. The Morgan fingerprint density at radius 3 is 2.57 bits per heavy atom. The summed E-state index contributed by atoms with van der Waals surface area (Å²) in [7, 11) is 0. The number of benzene rings is 1. The summed E-state index contributed by atoms with van der Waals surface area (Å²) < 4.78 is 1.37. The van der Waals surface area contributed by atoms with Crippen LogP contribution in [0.5, 0.6) is 0 Å². The Hall–Kier alpha value is -4.60. The molecule has 4 rings (SSSR count). The van der Waals surface area contributed by atoms with Crippen LogP contribution in [0.2, 0.25) is 0 Å². The lowest BCUT2D eigenvalue weighted by Gasteiger charge is -2.15. The number of carbonyl (C=O) groups is 1. The number of amides is 1. The van der Waals surface area contributed by atoms with Gasteiger partial charge >= 0.3 is 0 Å². The van der Waals surface area contributed by atoms with E-state index in [1.165, 1.54) is 10.9 Å². The second kappa shape index (κ2) is 11.0. The molecule has 0 aliphatic heterocycles. The zero-order valence-corrected chi connectivity index (χ0v) is 19.3. The van der Waals surface area contributed by atoms with Crippen molar-refractivity contribution in [1.29, 1.82) is 0 Å². The molecule has 0 saturated heterocycles. The molecule has 0 aliphatic rings. The monoisotopic (exact) mass is 470 g/mol. The maximum atomic E-state index is 13.3. The Morgan fingerprint density at radius 1 is 1.06 bits per heavy atom. The molecule has 1 amide bonds. The highest BCUT2D eigenvalue weighted by Crippen LogP contribution is 2.16. The molecule has 0 saturated carbocycles. The topological polar surface area (TPSA) is 141 Å². The lowest BCUT2D eigenvalue weighted by atomic mass is 10.1. The molecule has 178 valence electrons. The molecule has 3 aromatic heterocycles. The van der Waals surface area contributed by atoms with E-state index in [1.807, 2.05) is 43.3 Å². The van der Waals surface area contributed by atoms with Gasteiger partial charge in [-0.05, 0) is 30.5 Å². The van der Waals surface area contributed by atoms with E-state index < -0.39 is 5.56 Å². The maximum absolute atomic E-state index is 13.3. The predicted octanol–water partition coefficient (Wildman–Crippen LogP) is 1.96. The van der Waals surface area contributed by atoms with Crippen LogP contribution in [0.15, 0.2) is 72.2 Å². The first-order valence-electron chi connectivity index (χ1n) is 11.1. The van der Waals surface area contributed by atoms with E-state index in [1.54, 1.807) is 24.7 Å². The van der Waals surface area contributed by atoms with Crippen LogP contribution < -0.4 is 21.9 Å². The highest BCUT2D eigenvalue weighted by molar-refractivity contribution is 5.76.